The van der Waals surface area contributed by atoms with E-state index >= 15 is 0 Å². The van der Waals surface area contributed by atoms with Crippen molar-refractivity contribution in [2.75, 3.05) is 0 Å². The van der Waals surface area contributed by atoms with Crippen LogP contribution in [0.4, 0.5) is 13.2 Å². The van der Waals surface area contributed by atoms with Gasteiger partial charge in [0.05, 0.1) is 5.56 Å². The molecule has 1 aromatic carbocycles. The highest BCUT2D eigenvalue weighted by molar-refractivity contribution is 6.10. The SMILES string of the molecule is Cn1c2c(c3ccc(C(F)(F)F)cc31)C(=O)CCC2. The smallest absolute Gasteiger partial charge is 0.347 e. The van der Waals surface area contributed by atoms with Gasteiger partial charge in [-0.15, -0.1) is 0 Å². The first-order valence-corrected chi connectivity index (χ1v) is 6.11. The number of nitrogens with zero attached hydrogens (tertiary/aromatic N) is 1. The van der Waals surface area contributed by atoms with Crippen LogP contribution >= 0.6 is 0 Å². The van der Waals surface area contributed by atoms with Gasteiger partial charge in [-0.25, -0.2) is 0 Å². The van der Waals surface area contributed by atoms with E-state index < -0.39 is 11.7 Å². The van der Waals surface area contributed by atoms with Crippen LogP contribution in [0, 0.1) is 0 Å². The van der Waals surface area contributed by atoms with Crippen LogP contribution in [-0.4, -0.2) is 10.4 Å². The minimum atomic E-state index is -4.36. The highest BCUT2D eigenvalue weighted by Gasteiger charge is 2.32. The van der Waals surface area contributed by atoms with E-state index in [9.17, 15) is 18.0 Å². The number of rotatable bonds is 0. The van der Waals surface area contributed by atoms with Gasteiger partial charge in [-0.1, -0.05) is 6.07 Å². The van der Waals surface area contributed by atoms with E-state index in [1.54, 1.807) is 11.6 Å². The summed E-state index contributed by atoms with van der Waals surface area (Å²) < 4.78 is 39.9. The van der Waals surface area contributed by atoms with E-state index in [0.717, 1.165) is 30.7 Å². The van der Waals surface area contributed by atoms with E-state index in [2.05, 4.69) is 0 Å². The molecule has 0 amide bonds. The summed E-state index contributed by atoms with van der Waals surface area (Å²) in [6, 6.07) is 3.59. The van der Waals surface area contributed by atoms with E-state index in [4.69, 9.17) is 0 Å². The Kier molecular flexibility index (Phi) is 2.49. The minimum Gasteiger partial charge on any atom is -0.347 e. The summed E-state index contributed by atoms with van der Waals surface area (Å²) in [5.74, 6) is 0.0339. The van der Waals surface area contributed by atoms with Crippen LogP contribution in [0.2, 0.25) is 0 Å². The molecule has 19 heavy (non-hydrogen) atoms. The predicted molar refractivity (Wildman–Crippen MR) is 65.2 cm³/mol. The molecule has 0 saturated heterocycles. The fourth-order valence-corrected chi connectivity index (χ4v) is 2.81. The fraction of sp³-hybridized carbons (Fsp3) is 0.357. The Labute approximate surface area is 107 Å². The number of halogens is 3. The molecule has 1 heterocycles. The molecule has 3 rings (SSSR count). The molecule has 0 N–H and O–H groups in total. The Morgan fingerprint density at radius 1 is 1.21 bits per heavy atom. The van der Waals surface area contributed by atoms with Crippen molar-refractivity contribution in [1.82, 2.24) is 4.57 Å². The summed E-state index contributed by atoms with van der Waals surface area (Å²) in [6.45, 7) is 0. The third-order valence-electron chi connectivity index (χ3n) is 3.75. The monoisotopic (exact) mass is 267 g/mol. The number of aromatic nitrogens is 1. The fourth-order valence-electron chi connectivity index (χ4n) is 2.81. The molecule has 100 valence electrons. The summed E-state index contributed by atoms with van der Waals surface area (Å²) >= 11 is 0. The number of hydrogen-bond acceptors (Lipinski definition) is 1. The molecule has 0 atom stereocenters. The highest BCUT2D eigenvalue weighted by Crippen LogP contribution is 2.36. The van der Waals surface area contributed by atoms with Gasteiger partial charge in [0.15, 0.2) is 5.78 Å². The molecule has 1 aliphatic carbocycles. The van der Waals surface area contributed by atoms with Crippen LogP contribution in [0.15, 0.2) is 18.2 Å². The molecule has 2 aromatic rings. The standard InChI is InChI=1S/C14H12F3NO/c1-18-10-3-2-4-12(19)13(10)9-6-5-8(7-11(9)18)14(15,16)17/h5-7H,2-4H2,1H3. The van der Waals surface area contributed by atoms with Crippen molar-refractivity contribution in [3.63, 3.8) is 0 Å². The van der Waals surface area contributed by atoms with Crippen LogP contribution in [0.5, 0.6) is 0 Å². The number of fused-ring (bicyclic) bond motifs is 3. The van der Waals surface area contributed by atoms with Crippen molar-refractivity contribution in [3.05, 3.63) is 35.0 Å². The van der Waals surface area contributed by atoms with Gasteiger partial charge in [0, 0.05) is 35.6 Å². The van der Waals surface area contributed by atoms with Gasteiger partial charge in [-0.05, 0) is 25.0 Å². The minimum absolute atomic E-state index is 0.0339. The van der Waals surface area contributed by atoms with Crippen molar-refractivity contribution >= 4 is 16.7 Å². The van der Waals surface area contributed by atoms with Crippen molar-refractivity contribution in [3.8, 4) is 0 Å². The zero-order valence-corrected chi connectivity index (χ0v) is 10.3. The lowest BCUT2D eigenvalue weighted by Gasteiger charge is -2.12. The molecule has 0 radical (unpaired) electrons. The Hall–Kier alpha value is -1.78. The van der Waals surface area contributed by atoms with Crippen LogP contribution in [-0.2, 0) is 19.6 Å². The van der Waals surface area contributed by atoms with Crippen LogP contribution in [0.25, 0.3) is 10.9 Å². The van der Waals surface area contributed by atoms with Crippen molar-refractivity contribution in [1.29, 1.82) is 0 Å². The Bertz CT molecular complexity index is 682. The topological polar surface area (TPSA) is 22.0 Å². The normalized spacial score (nSPS) is 15.9. The number of alkyl halides is 3. The van der Waals surface area contributed by atoms with E-state index in [0.29, 0.717) is 22.9 Å². The van der Waals surface area contributed by atoms with Gasteiger partial charge >= 0.3 is 6.18 Å². The number of ketones is 1. The van der Waals surface area contributed by atoms with Crippen molar-refractivity contribution in [2.45, 2.75) is 25.4 Å². The second-order valence-electron chi connectivity index (χ2n) is 4.89. The molecule has 0 bridgehead atoms. The van der Waals surface area contributed by atoms with E-state index in [-0.39, 0.29) is 5.78 Å². The molecule has 0 spiro atoms. The Balaban J connectivity index is 2.32. The second kappa shape index (κ2) is 3.85. The third-order valence-corrected chi connectivity index (χ3v) is 3.75. The maximum absolute atomic E-state index is 12.7. The largest absolute Gasteiger partial charge is 0.416 e. The zero-order valence-electron chi connectivity index (χ0n) is 10.3. The lowest BCUT2D eigenvalue weighted by atomic mass is 9.94. The number of carbonyl (C=O) groups excluding carboxylic acids is 1. The first kappa shape index (κ1) is 12.3. The number of Topliss-reactive ketones (excluding diaryl/α,β-unsaturated/α-hetero) is 1. The first-order chi connectivity index (χ1) is 8.89. The van der Waals surface area contributed by atoms with Crippen LogP contribution < -0.4 is 0 Å². The third kappa shape index (κ3) is 1.76. The summed E-state index contributed by atoms with van der Waals surface area (Å²) in [4.78, 5) is 12.0. The predicted octanol–water partition coefficient (Wildman–Crippen LogP) is 3.72. The molecule has 2 nitrogen and oxygen atoms in total. The molecular weight excluding hydrogens is 255 g/mol. The molecule has 1 aliphatic rings. The summed E-state index contributed by atoms with van der Waals surface area (Å²) in [5, 5.41) is 0.634. The number of carbonyl (C=O) groups is 1. The summed E-state index contributed by atoms with van der Waals surface area (Å²) in [6.07, 6.45) is -2.37. The van der Waals surface area contributed by atoms with Gasteiger partial charge in [0.1, 0.15) is 0 Å². The average Bonchev–Trinajstić information content (AvgIpc) is 2.63. The quantitative estimate of drug-likeness (QED) is 0.713. The van der Waals surface area contributed by atoms with E-state index in [1.807, 2.05) is 0 Å². The maximum atomic E-state index is 12.7. The maximum Gasteiger partial charge on any atom is 0.416 e. The van der Waals surface area contributed by atoms with Gasteiger partial charge in [0.2, 0.25) is 0 Å². The Morgan fingerprint density at radius 2 is 1.95 bits per heavy atom. The van der Waals surface area contributed by atoms with Gasteiger partial charge < -0.3 is 4.57 Å². The number of benzene rings is 1. The molecule has 0 fully saturated rings. The van der Waals surface area contributed by atoms with Crippen LogP contribution in [0.1, 0.15) is 34.5 Å². The number of aryl methyl sites for hydroxylation is 1. The number of hydrogen-bond donors (Lipinski definition) is 0. The highest BCUT2D eigenvalue weighted by atomic mass is 19.4. The molecular formula is C14H12F3NO. The van der Waals surface area contributed by atoms with E-state index in [1.165, 1.54) is 6.07 Å². The Morgan fingerprint density at radius 3 is 2.63 bits per heavy atom. The average molecular weight is 267 g/mol. The zero-order chi connectivity index (χ0) is 13.8. The lowest BCUT2D eigenvalue weighted by Crippen LogP contribution is -2.11. The first-order valence-electron chi connectivity index (χ1n) is 6.11. The van der Waals surface area contributed by atoms with Crippen molar-refractivity contribution < 1.29 is 18.0 Å². The molecule has 0 saturated carbocycles. The molecule has 0 unspecified atom stereocenters. The molecule has 1 aromatic heterocycles. The lowest BCUT2D eigenvalue weighted by molar-refractivity contribution is -0.137. The summed E-state index contributed by atoms with van der Waals surface area (Å²) in [7, 11) is 1.72. The summed E-state index contributed by atoms with van der Waals surface area (Å²) in [5.41, 5.74) is 1.27. The van der Waals surface area contributed by atoms with Crippen LogP contribution in [0.3, 0.4) is 0 Å². The van der Waals surface area contributed by atoms with Gasteiger partial charge in [-0.2, -0.15) is 13.2 Å². The van der Waals surface area contributed by atoms with Crippen molar-refractivity contribution in [2.24, 2.45) is 7.05 Å². The van der Waals surface area contributed by atoms with Gasteiger partial charge in [0.25, 0.3) is 0 Å². The second-order valence-corrected chi connectivity index (χ2v) is 4.89. The molecule has 0 aliphatic heterocycles. The van der Waals surface area contributed by atoms with Gasteiger partial charge in [-0.3, -0.25) is 4.79 Å². The molecule has 5 heteroatoms.